The summed E-state index contributed by atoms with van der Waals surface area (Å²) in [5.74, 6) is -1.51. The number of aromatic carboxylic acids is 1. The fourth-order valence-corrected chi connectivity index (χ4v) is 3.47. The van der Waals surface area contributed by atoms with Crippen LogP contribution < -0.4 is 0 Å². The molecule has 0 saturated heterocycles. The Morgan fingerprint density at radius 2 is 1.90 bits per heavy atom. The van der Waals surface area contributed by atoms with Crippen LogP contribution in [0.1, 0.15) is 16.1 Å². The van der Waals surface area contributed by atoms with E-state index in [0.29, 0.717) is 33.3 Å². The van der Waals surface area contributed by atoms with E-state index in [1.54, 1.807) is 35.1 Å². The molecular formula is C21H15FN6O2. The average molecular weight is 402 g/mol. The molecule has 5 rings (SSSR count). The molecule has 9 heteroatoms. The lowest BCUT2D eigenvalue weighted by molar-refractivity contribution is 0.0699. The zero-order chi connectivity index (χ0) is 21.0. The smallest absolute Gasteiger partial charge is 0.336 e. The molecule has 0 saturated carbocycles. The molecular weight excluding hydrogens is 387 g/mol. The number of benzene rings is 2. The standard InChI is InChI=1S/C21H15FN6O2/c1-11-15(10-23-27(11)2)18-9-14(21(29)30)19-16(24-18)6-7-17-20(19)26-28(25-17)13-5-3-4-12(22)8-13/h3-10H,1-2H3,(H,29,30). The van der Waals surface area contributed by atoms with Gasteiger partial charge in [0.05, 0.1) is 28.7 Å². The summed E-state index contributed by atoms with van der Waals surface area (Å²) in [5, 5.41) is 23.3. The van der Waals surface area contributed by atoms with E-state index in [1.807, 2.05) is 14.0 Å². The second kappa shape index (κ2) is 6.45. The van der Waals surface area contributed by atoms with Gasteiger partial charge in [-0.05, 0) is 37.3 Å². The third kappa shape index (κ3) is 2.71. The Bertz CT molecular complexity index is 1470. The molecule has 5 aromatic rings. The van der Waals surface area contributed by atoms with E-state index in [4.69, 9.17) is 0 Å². The molecule has 3 heterocycles. The van der Waals surface area contributed by atoms with Crippen LogP contribution in [0.15, 0.2) is 48.7 Å². The van der Waals surface area contributed by atoms with Gasteiger partial charge in [0.2, 0.25) is 0 Å². The highest BCUT2D eigenvalue weighted by molar-refractivity contribution is 6.13. The van der Waals surface area contributed by atoms with Crippen LogP contribution in [0.5, 0.6) is 0 Å². The number of hydrogen-bond acceptors (Lipinski definition) is 5. The van der Waals surface area contributed by atoms with Gasteiger partial charge in [0.1, 0.15) is 16.9 Å². The number of carboxylic acid groups (broad SMARTS) is 1. The zero-order valence-electron chi connectivity index (χ0n) is 16.0. The fourth-order valence-electron chi connectivity index (χ4n) is 3.47. The molecule has 0 unspecified atom stereocenters. The Labute approximate surface area is 169 Å². The van der Waals surface area contributed by atoms with Crippen LogP contribution in [0.25, 0.3) is 38.9 Å². The summed E-state index contributed by atoms with van der Waals surface area (Å²) in [6.45, 7) is 1.89. The van der Waals surface area contributed by atoms with Crippen molar-refractivity contribution >= 4 is 27.9 Å². The van der Waals surface area contributed by atoms with Gasteiger partial charge in [0.15, 0.2) is 0 Å². The highest BCUT2D eigenvalue weighted by Crippen LogP contribution is 2.30. The number of halogens is 1. The minimum Gasteiger partial charge on any atom is -0.478 e. The number of rotatable bonds is 3. The highest BCUT2D eigenvalue weighted by atomic mass is 19.1. The molecule has 0 bridgehead atoms. The topological polar surface area (TPSA) is 98.7 Å². The van der Waals surface area contributed by atoms with Crippen molar-refractivity contribution in [2.24, 2.45) is 7.05 Å². The Hall–Kier alpha value is -4.14. The molecule has 8 nitrogen and oxygen atoms in total. The summed E-state index contributed by atoms with van der Waals surface area (Å²) in [5.41, 5.74) is 4.00. The van der Waals surface area contributed by atoms with Gasteiger partial charge < -0.3 is 5.11 Å². The maximum Gasteiger partial charge on any atom is 0.336 e. The van der Waals surface area contributed by atoms with E-state index >= 15 is 0 Å². The third-order valence-corrected chi connectivity index (χ3v) is 5.10. The van der Waals surface area contributed by atoms with Crippen LogP contribution in [0.2, 0.25) is 0 Å². The number of pyridine rings is 1. The molecule has 0 aliphatic carbocycles. The largest absolute Gasteiger partial charge is 0.478 e. The minimum atomic E-state index is -1.10. The molecule has 0 spiro atoms. The highest BCUT2D eigenvalue weighted by Gasteiger charge is 2.20. The molecule has 0 aliphatic rings. The normalized spacial score (nSPS) is 11.4. The number of aromatic nitrogens is 6. The molecule has 0 radical (unpaired) electrons. The summed E-state index contributed by atoms with van der Waals surface area (Å²) < 4.78 is 15.3. The van der Waals surface area contributed by atoms with Gasteiger partial charge in [-0.1, -0.05) is 6.07 Å². The minimum absolute atomic E-state index is 0.0649. The number of fused-ring (bicyclic) bond motifs is 3. The predicted molar refractivity (Wildman–Crippen MR) is 108 cm³/mol. The summed E-state index contributed by atoms with van der Waals surface area (Å²) >= 11 is 0. The van der Waals surface area contributed by atoms with E-state index in [9.17, 15) is 14.3 Å². The van der Waals surface area contributed by atoms with Crippen LogP contribution in [-0.4, -0.2) is 40.8 Å². The lowest BCUT2D eigenvalue weighted by Crippen LogP contribution is -2.02. The Morgan fingerprint density at radius 3 is 2.60 bits per heavy atom. The molecule has 1 N–H and O–H groups in total. The number of nitrogens with zero attached hydrogens (tertiary/aromatic N) is 6. The van der Waals surface area contributed by atoms with Crippen LogP contribution in [-0.2, 0) is 7.05 Å². The van der Waals surface area contributed by atoms with E-state index in [1.165, 1.54) is 23.0 Å². The quantitative estimate of drug-likeness (QED) is 0.496. The summed E-state index contributed by atoms with van der Waals surface area (Å²) in [4.78, 5) is 18.0. The van der Waals surface area contributed by atoms with Crippen LogP contribution in [0.3, 0.4) is 0 Å². The average Bonchev–Trinajstić information content (AvgIpc) is 3.31. The first-order chi connectivity index (χ1) is 14.4. The molecule has 0 amide bonds. The summed E-state index contributed by atoms with van der Waals surface area (Å²) in [6, 6.07) is 10.8. The number of hydrogen-bond donors (Lipinski definition) is 1. The zero-order valence-corrected chi connectivity index (χ0v) is 16.0. The van der Waals surface area contributed by atoms with Gasteiger partial charge in [0, 0.05) is 29.8 Å². The molecule has 2 aromatic carbocycles. The van der Waals surface area contributed by atoms with E-state index in [0.717, 1.165) is 11.3 Å². The number of aryl methyl sites for hydroxylation is 1. The van der Waals surface area contributed by atoms with Crippen molar-refractivity contribution in [1.82, 2.24) is 29.8 Å². The maximum absolute atomic E-state index is 13.6. The lowest BCUT2D eigenvalue weighted by atomic mass is 10.0. The lowest BCUT2D eigenvalue weighted by Gasteiger charge is -2.07. The fraction of sp³-hybridized carbons (Fsp3) is 0.0952. The van der Waals surface area contributed by atoms with Gasteiger partial charge in [-0.15, -0.1) is 10.2 Å². The second-order valence-corrected chi connectivity index (χ2v) is 6.92. The Balaban J connectivity index is 1.79. The molecule has 3 aromatic heterocycles. The monoisotopic (exact) mass is 402 g/mol. The molecule has 30 heavy (non-hydrogen) atoms. The van der Waals surface area contributed by atoms with Gasteiger partial charge >= 0.3 is 5.97 Å². The SMILES string of the molecule is Cc1c(-c2cc(C(=O)O)c3c(ccc4nn(-c5cccc(F)c5)nc43)n2)cnn1C. The number of carbonyl (C=O) groups is 1. The van der Waals surface area contributed by atoms with Gasteiger partial charge in [-0.2, -0.15) is 9.90 Å². The van der Waals surface area contributed by atoms with Gasteiger partial charge in [-0.3, -0.25) is 4.68 Å². The van der Waals surface area contributed by atoms with E-state index in [-0.39, 0.29) is 5.56 Å². The second-order valence-electron chi connectivity index (χ2n) is 6.92. The number of carboxylic acids is 1. The molecule has 0 atom stereocenters. The van der Waals surface area contributed by atoms with Gasteiger partial charge in [0.25, 0.3) is 0 Å². The van der Waals surface area contributed by atoms with E-state index < -0.39 is 11.8 Å². The first-order valence-electron chi connectivity index (χ1n) is 9.11. The summed E-state index contributed by atoms with van der Waals surface area (Å²) in [6.07, 6.45) is 1.66. The maximum atomic E-state index is 13.6. The Kier molecular flexibility index (Phi) is 3.85. The molecule has 0 fully saturated rings. The molecule has 0 aliphatic heterocycles. The van der Waals surface area contributed by atoms with Crippen molar-refractivity contribution in [2.75, 3.05) is 0 Å². The van der Waals surface area contributed by atoms with Crippen molar-refractivity contribution in [3.05, 3.63) is 65.7 Å². The Morgan fingerprint density at radius 1 is 1.10 bits per heavy atom. The first kappa shape index (κ1) is 17.9. The van der Waals surface area contributed by atoms with Crippen molar-refractivity contribution < 1.29 is 14.3 Å². The van der Waals surface area contributed by atoms with Gasteiger partial charge in [-0.25, -0.2) is 14.2 Å². The van der Waals surface area contributed by atoms with Crippen LogP contribution in [0.4, 0.5) is 4.39 Å². The summed E-state index contributed by atoms with van der Waals surface area (Å²) in [7, 11) is 1.81. The van der Waals surface area contributed by atoms with Crippen LogP contribution in [0, 0.1) is 12.7 Å². The third-order valence-electron chi connectivity index (χ3n) is 5.10. The molecule has 148 valence electrons. The van der Waals surface area contributed by atoms with E-state index in [2.05, 4.69) is 20.3 Å². The van der Waals surface area contributed by atoms with Crippen LogP contribution >= 0.6 is 0 Å². The van der Waals surface area contributed by atoms with Crippen molar-refractivity contribution in [3.8, 4) is 16.9 Å². The first-order valence-corrected chi connectivity index (χ1v) is 9.11. The van der Waals surface area contributed by atoms with Crippen molar-refractivity contribution in [2.45, 2.75) is 6.92 Å². The predicted octanol–water partition coefficient (Wildman–Crippen LogP) is 3.51. The van der Waals surface area contributed by atoms with Crippen molar-refractivity contribution in [3.63, 3.8) is 0 Å². The van der Waals surface area contributed by atoms with Crippen molar-refractivity contribution in [1.29, 1.82) is 0 Å².